The smallest absolute Gasteiger partial charge is 0.252 e. The van der Waals surface area contributed by atoms with Crippen molar-refractivity contribution in [2.45, 2.75) is 19.3 Å². The van der Waals surface area contributed by atoms with Gasteiger partial charge in [0.15, 0.2) is 0 Å². The Bertz CT molecular complexity index is 495. The van der Waals surface area contributed by atoms with Crippen LogP contribution in [-0.4, -0.2) is 35.7 Å². The highest BCUT2D eigenvalue weighted by atomic mass is 32.2. The molecular weight excluding hydrogens is 290 g/mol. The summed E-state index contributed by atoms with van der Waals surface area (Å²) in [6.45, 7) is 0.853. The zero-order valence-electron chi connectivity index (χ0n) is 11.4. The molecule has 3 nitrogen and oxygen atoms in total. The molecular formula is C15H19NO2S2. The fraction of sp³-hybridized carbons (Fsp3) is 0.533. The van der Waals surface area contributed by atoms with Gasteiger partial charge in [-0.2, -0.15) is 11.8 Å². The summed E-state index contributed by atoms with van der Waals surface area (Å²) < 4.78 is 0. The molecule has 1 amide bonds. The van der Waals surface area contributed by atoms with Crippen molar-refractivity contribution in [1.29, 1.82) is 0 Å². The van der Waals surface area contributed by atoms with Crippen molar-refractivity contribution in [3.05, 3.63) is 21.9 Å². The summed E-state index contributed by atoms with van der Waals surface area (Å²) in [6.07, 6.45) is 2.87. The van der Waals surface area contributed by atoms with Gasteiger partial charge in [-0.1, -0.05) is 11.8 Å². The second kappa shape index (κ2) is 8.35. The van der Waals surface area contributed by atoms with Crippen molar-refractivity contribution in [1.82, 2.24) is 5.32 Å². The van der Waals surface area contributed by atoms with E-state index in [0.717, 1.165) is 11.4 Å². The summed E-state index contributed by atoms with van der Waals surface area (Å²) in [4.78, 5) is 12.9. The third-order valence-corrected chi connectivity index (χ3v) is 5.10. The van der Waals surface area contributed by atoms with Crippen molar-refractivity contribution in [2.24, 2.45) is 5.92 Å². The van der Waals surface area contributed by atoms with Gasteiger partial charge in [0.2, 0.25) is 0 Å². The average molecular weight is 309 g/mol. The largest absolute Gasteiger partial charge is 0.395 e. The molecule has 0 aromatic carbocycles. The Balaban J connectivity index is 1.81. The minimum absolute atomic E-state index is 0.00492. The molecule has 2 N–H and O–H groups in total. The normalized spacial score (nSPS) is 15.4. The average Bonchev–Trinajstić information content (AvgIpc) is 2.95. The number of hydrogen-bond donors (Lipinski definition) is 2. The highest BCUT2D eigenvalue weighted by molar-refractivity contribution is 7.99. The quantitative estimate of drug-likeness (QED) is 0.840. The molecule has 1 fully saturated rings. The molecule has 1 aliphatic heterocycles. The topological polar surface area (TPSA) is 49.3 Å². The maximum atomic E-state index is 12.0. The molecule has 2 rings (SSSR count). The number of amides is 1. The second-order valence-corrected chi connectivity index (χ2v) is 6.88. The number of nitrogens with one attached hydrogen (secondary N) is 1. The van der Waals surface area contributed by atoms with E-state index in [0.29, 0.717) is 17.9 Å². The van der Waals surface area contributed by atoms with Crippen LogP contribution in [0.5, 0.6) is 0 Å². The molecule has 1 aromatic rings. The van der Waals surface area contributed by atoms with Gasteiger partial charge in [-0.25, -0.2) is 0 Å². The summed E-state index contributed by atoms with van der Waals surface area (Å²) in [7, 11) is 0. The van der Waals surface area contributed by atoms with Crippen LogP contribution >= 0.6 is 23.1 Å². The monoisotopic (exact) mass is 309 g/mol. The highest BCUT2D eigenvalue weighted by Crippen LogP contribution is 2.22. The lowest BCUT2D eigenvalue weighted by Crippen LogP contribution is -2.30. The van der Waals surface area contributed by atoms with Gasteiger partial charge in [0, 0.05) is 18.3 Å². The Labute approximate surface area is 128 Å². The lowest BCUT2D eigenvalue weighted by atomic mass is 10.0. The number of aliphatic hydroxyl groups excluding tert-OH is 1. The molecule has 1 saturated heterocycles. The molecule has 0 bridgehead atoms. The number of thioether (sulfide) groups is 1. The Morgan fingerprint density at radius 1 is 1.45 bits per heavy atom. The molecule has 0 spiro atoms. The van der Waals surface area contributed by atoms with E-state index in [4.69, 9.17) is 5.11 Å². The van der Waals surface area contributed by atoms with Gasteiger partial charge < -0.3 is 10.4 Å². The van der Waals surface area contributed by atoms with Gasteiger partial charge in [-0.3, -0.25) is 4.79 Å². The van der Waals surface area contributed by atoms with E-state index in [-0.39, 0.29) is 12.5 Å². The number of rotatable bonds is 4. The number of aliphatic hydroxyl groups is 1. The Kier molecular flexibility index (Phi) is 6.44. The fourth-order valence-corrected chi connectivity index (χ4v) is 3.98. The first-order chi connectivity index (χ1) is 9.79. The van der Waals surface area contributed by atoms with E-state index in [2.05, 4.69) is 17.2 Å². The van der Waals surface area contributed by atoms with Gasteiger partial charge in [0.1, 0.15) is 0 Å². The molecule has 0 saturated carbocycles. The minimum Gasteiger partial charge on any atom is -0.395 e. The predicted octanol–water partition coefficient (Wildman–Crippen LogP) is 2.36. The lowest BCUT2D eigenvalue weighted by molar-refractivity contribution is 0.0947. The molecule has 20 heavy (non-hydrogen) atoms. The summed E-state index contributed by atoms with van der Waals surface area (Å²) in [5.74, 6) is 8.86. The summed E-state index contributed by atoms with van der Waals surface area (Å²) >= 11 is 3.47. The van der Waals surface area contributed by atoms with Crippen LogP contribution in [-0.2, 0) is 0 Å². The maximum absolute atomic E-state index is 12.0. The predicted molar refractivity (Wildman–Crippen MR) is 85.3 cm³/mol. The van der Waals surface area contributed by atoms with Crippen LogP contribution in [0, 0.1) is 17.8 Å². The van der Waals surface area contributed by atoms with Crippen LogP contribution in [0.2, 0.25) is 0 Å². The van der Waals surface area contributed by atoms with Crippen LogP contribution in [0.15, 0.2) is 11.4 Å². The molecule has 0 radical (unpaired) electrons. The van der Waals surface area contributed by atoms with Crippen LogP contribution in [0.25, 0.3) is 0 Å². The Morgan fingerprint density at radius 3 is 3.00 bits per heavy atom. The first kappa shape index (κ1) is 15.4. The zero-order valence-corrected chi connectivity index (χ0v) is 13.0. The first-order valence-electron chi connectivity index (χ1n) is 6.84. The van der Waals surface area contributed by atoms with Crippen molar-refractivity contribution in [3.63, 3.8) is 0 Å². The molecule has 1 aliphatic rings. The molecule has 2 heterocycles. The molecule has 5 heteroatoms. The van der Waals surface area contributed by atoms with Crippen molar-refractivity contribution in [2.75, 3.05) is 24.7 Å². The Hall–Kier alpha value is -0.960. The van der Waals surface area contributed by atoms with Gasteiger partial charge in [-0.05, 0) is 36.3 Å². The van der Waals surface area contributed by atoms with Gasteiger partial charge in [0.25, 0.3) is 5.91 Å². The van der Waals surface area contributed by atoms with Gasteiger partial charge in [-0.15, -0.1) is 11.3 Å². The first-order valence-corrected chi connectivity index (χ1v) is 8.87. The fourth-order valence-electron chi connectivity index (χ4n) is 2.02. The molecule has 0 atom stereocenters. The SMILES string of the molecule is O=C(NCC1CCSCC1)c1csc(C#CCCO)c1. The Morgan fingerprint density at radius 2 is 2.25 bits per heavy atom. The van der Waals surface area contributed by atoms with Crippen molar-refractivity contribution < 1.29 is 9.90 Å². The minimum atomic E-state index is -0.00492. The lowest BCUT2D eigenvalue weighted by Gasteiger charge is -2.21. The number of thiophene rings is 1. The summed E-state index contributed by atoms with van der Waals surface area (Å²) in [5.41, 5.74) is 0.688. The van der Waals surface area contributed by atoms with Crippen LogP contribution < -0.4 is 5.32 Å². The van der Waals surface area contributed by atoms with E-state index in [9.17, 15) is 4.79 Å². The highest BCUT2D eigenvalue weighted by Gasteiger charge is 2.15. The van der Waals surface area contributed by atoms with Crippen LogP contribution in [0.4, 0.5) is 0 Å². The summed E-state index contributed by atoms with van der Waals surface area (Å²) in [5, 5.41) is 13.5. The molecule has 108 valence electrons. The number of carbonyl (C=O) groups excluding carboxylic acids is 1. The van der Waals surface area contributed by atoms with Crippen LogP contribution in [0.1, 0.15) is 34.5 Å². The van der Waals surface area contributed by atoms with Crippen molar-refractivity contribution in [3.8, 4) is 11.8 Å². The maximum Gasteiger partial charge on any atom is 0.252 e. The van der Waals surface area contributed by atoms with E-state index in [1.165, 1.54) is 35.7 Å². The van der Waals surface area contributed by atoms with E-state index in [1.54, 1.807) is 0 Å². The van der Waals surface area contributed by atoms with Gasteiger partial charge >= 0.3 is 0 Å². The zero-order chi connectivity index (χ0) is 14.2. The molecule has 1 aromatic heterocycles. The number of hydrogen-bond acceptors (Lipinski definition) is 4. The molecule has 0 unspecified atom stereocenters. The number of carbonyl (C=O) groups is 1. The third kappa shape index (κ3) is 4.86. The second-order valence-electron chi connectivity index (χ2n) is 4.74. The van der Waals surface area contributed by atoms with E-state index >= 15 is 0 Å². The van der Waals surface area contributed by atoms with Crippen LogP contribution in [0.3, 0.4) is 0 Å². The van der Waals surface area contributed by atoms with E-state index in [1.807, 2.05) is 23.2 Å². The summed E-state index contributed by atoms with van der Waals surface area (Å²) in [6, 6.07) is 1.82. The molecule has 0 aliphatic carbocycles. The van der Waals surface area contributed by atoms with E-state index < -0.39 is 0 Å². The van der Waals surface area contributed by atoms with Crippen molar-refractivity contribution >= 4 is 29.0 Å². The standard InChI is InChI=1S/C15H19NO2S2/c17-6-2-1-3-14-9-13(11-20-14)15(18)16-10-12-4-7-19-8-5-12/h9,11-12,17H,2,4-8,10H2,(H,16,18). The third-order valence-electron chi connectivity index (χ3n) is 3.20. The van der Waals surface area contributed by atoms with Gasteiger partial charge in [0.05, 0.1) is 17.0 Å².